The molecule has 0 unspecified atom stereocenters. The number of hydrogen-bond acceptors (Lipinski definition) is 2. The van der Waals surface area contributed by atoms with E-state index in [1.165, 1.54) is 0 Å². The van der Waals surface area contributed by atoms with Crippen LogP contribution in [0.2, 0.25) is 0 Å². The van der Waals surface area contributed by atoms with Gasteiger partial charge in [-0.1, -0.05) is 27.2 Å². The molecule has 4 heteroatoms. The Labute approximate surface area is 126 Å². The van der Waals surface area contributed by atoms with Gasteiger partial charge in [-0.25, -0.2) is 4.98 Å². The van der Waals surface area contributed by atoms with Crippen LogP contribution in [-0.4, -0.2) is 14.8 Å². The van der Waals surface area contributed by atoms with Crippen LogP contribution in [0.25, 0.3) is 11.3 Å². The van der Waals surface area contributed by atoms with Gasteiger partial charge in [0.05, 0.1) is 17.0 Å². The van der Waals surface area contributed by atoms with Crippen molar-refractivity contribution in [3.05, 3.63) is 35.0 Å². The normalized spacial score (nSPS) is 11.4. The van der Waals surface area contributed by atoms with Crippen LogP contribution in [-0.2, 0) is 13.0 Å². The highest BCUT2D eigenvalue weighted by Gasteiger charge is 2.21. The van der Waals surface area contributed by atoms with Crippen molar-refractivity contribution < 1.29 is 4.39 Å². The van der Waals surface area contributed by atoms with Crippen LogP contribution in [0.1, 0.15) is 57.0 Å². The first-order chi connectivity index (χ1) is 9.99. The van der Waals surface area contributed by atoms with Crippen LogP contribution in [0.4, 0.5) is 4.39 Å². The molecule has 0 saturated carbocycles. The molecule has 0 bridgehead atoms. The number of pyridine rings is 1. The van der Waals surface area contributed by atoms with Crippen LogP contribution >= 0.6 is 0 Å². The minimum atomic E-state index is -0.391. The Hall–Kier alpha value is -1.71. The van der Waals surface area contributed by atoms with E-state index < -0.39 is 5.95 Å². The second-order valence-corrected chi connectivity index (χ2v) is 5.71. The molecule has 0 amide bonds. The number of halogens is 1. The molecule has 0 aromatic carbocycles. The number of aryl methyl sites for hydroxylation is 3. The summed E-state index contributed by atoms with van der Waals surface area (Å²) in [4.78, 5) is 4.12. The molecule has 0 radical (unpaired) electrons. The third-order valence-electron chi connectivity index (χ3n) is 3.72. The maximum atomic E-state index is 14.5. The minimum absolute atomic E-state index is 0.301. The first-order valence-corrected chi connectivity index (χ1v) is 7.72. The lowest BCUT2D eigenvalue weighted by Crippen LogP contribution is -2.04. The summed E-state index contributed by atoms with van der Waals surface area (Å²) in [6.07, 6.45) is 1.77. The molecule has 0 atom stereocenters. The number of rotatable bonds is 5. The molecule has 2 aromatic heterocycles. The second kappa shape index (κ2) is 6.37. The largest absolute Gasteiger partial charge is 0.264 e. The monoisotopic (exact) mass is 289 g/mol. The Morgan fingerprint density at radius 1 is 1.24 bits per heavy atom. The summed E-state index contributed by atoms with van der Waals surface area (Å²) in [5.74, 6) is -0.0903. The Morgan fingerprint density at radius 2 is 1.95 bits per heavy atom. The average Bonchev–Trinajstić information content (AvgIpc) is 2.76. The van der Waals surface area contributed by atoms with Crippen molar-refractivity contribution in [2.75, 3.05) is 0 Å². The Bertz CT molecular complexity index is 629. The van der Waals surface area contributed by atoms with Crippen molar-refractivity contribution in [1.29, 1.82) is 0 Å². The summed E-state index contributed by atoms with van der Waals surface area (Å²) < 4.78 is 16.4. The summed E-state index contributed by atoms with van der Waals surface area (Å²) in [6, 6.07) is 3.77. The van der Waals surface area contributed by atoms with Gasteiger partial charge in [0.15, 0.2) is 0 Å². The van der Waals surface area contributed by atoms with Crippen LogP contribution < -0.4 is 0 Å². The molecule has 0 fully saturated rings. The van der Waals surface area contributed by atoms with Crippen LogP contribution in [0.15, 0.2) is 12.1 Å². The lowest BCUT2D eigenvalue weighted by Gasteiger charge is -2.12. The van der Waals surface area contributed by atoms with Gasteiger partial charge in [0.25, 0.3) is 0 Å². The maximum Gasteiger partial charge on any atom is 0.222 e. The fraction of sp³-hybridized carbons (Fsp3) is 0.529. The quantitative estimate of drug-likeness (QED) is 0.759. The SMILES string of the molecule is CCCc1ccc(-c2c(C(C)C)c(C)nn2CC)c(F)n1. The number of nitrogens with zero attached hydrogens (tertiary/aromatic N) is 3. The standard InChI is InChI=1S/C17H24FN3/c1-6-8-13-9-10-14(17(18)19-13)16-15(11(3)4)12(5)20-21(16)7-2/h9-11H,6-8H2,1-5H3. The molecule has 2 rings (SSSR count). The zero-order valence-corrected chi connectivity index (χ0v) is 13.6. The molecule has 0 spiro atoms. The summed E-state index contributed by atoms with van der Waals surface area (Å²) in [7, 11) is 0. The minimum Gasteiger partial charge on any atom is -0.264 e. The van der Waals surface area contributed by atoms with Crippen molar-refractivity contribution in [2.24, 2.45) is 0 Å². The third-order valence-corrected chi connectivity index (χ3v) is 3.72. The van der Waals surface area contributed by atoms with E-state index in [0.29, 0.717) is 11.5 Å². The third kappa shape index (κ3) is 2.99. The molecule has 3 nitrogen and oxygen atoms in total. The second-order valence-electron chi connectivity index (χ2n) is 5.71. The predicted molar refractivity (Wildman–Crippen MR) is 83.9 cm³/mol. The lowest BCUT2D eigenvalue weighted by atomic mass is 9.97. The first kappa shape index (κ1) is 15.7. The lowest BCUT2D eigenvalue weighted by molar-refractivity contribution is 0.574. The molecule has 0 aliphatic carbocycles. The van der Waals surface area contributed by atoms with E-state index in [4.69, 9.17) is 0 Å². The van der Waals surface area contributed by atoms with Gasteiger partial charge < -0.3 is 0 Å². The molecule has 2 aromatic rings. The van der Waals surface area contributed by atoms with E-state index in [1.807, 2.05) is 30.7 Å². The summed E-state index contributed by atoms with van der Waals surface area (Å²) in [6.45, 7) is 11.0. The molecule has 0 aliphatic heterocycles. The highest BCUT2D eigenvalue weighted by Crippen LogP contribution is 2.33. The molecular formula is C17H24FN3. The van der Waals surface area contributed by atoms with Crippen molar-refractivity contribution in [3.8, 4) is 11.3 Å². The zero-order chi connectivity index (χ0) is 15.6. The highest BCUT2D eigenvalue weighted by atomic mass is 19.1. The molecule has 0 aliphatic rings. The number of aromatic nitrogens is 3. The zero-order valence-electron chi connectivity index (χ0n) is 13.6. The van der Waals surface area contributed by atoms with Crippen molar-refractivity contribution in [3.63, 3.8) is 0 Å². The van der Waals surface area contributed by atoms with E-state index in [2.05, 4.69) is 30.9 Å². The van der Waals surface area contributed by atoms with Gasteiger partial charge in [-0.15, -0.1) is 0 Å². The number of hydrogen-bond donors (Lipinski definition) is 0. The summed E-state index contributed by atoms with van der Waals surface area (Å²) in [5, 5.41) is 4.55. The molecule has 0 N–H and O–H groups in total. The Balaban J connectivity index is 2.60. The molecule has 0 saturated heterocycles. The fourth-order valence-electron chi connectivity index (χ4n) is 2.84. The van der Waals surface area contributed by atoms with Gasteiger partial charge in [0.2, 0.25) is 5.95 Å². The van der Waals surface area contributed by atoms with Crippen LogP contribution in [0.5, 0.6) is 0 Å². The van der Waals surface area contributed by atoms with Crippen molar-refractivity contribution >= 4 is 0 Å². The van der Waals surface area contributed by atoms with Crippen LogP contribution in [0.3, 0.4) is 0 Å². The van der Waals surface area contributed by atoms with Crippen LogP contribution in [0, 0.1) is 12.9 Å². The van der Waals surface area contributed by atoms with E-state index in [-0.39, 0.29) is 0 Å². The smallest absolute Gasteiger partial charge is 0.222 e. The average molecular weight is 289 g/mol. The van der Waals surface area contributed by atoms with Gasteiger partial charge in [-0.3, -0.25) is 4.68 Å². The van der Waals surface area contributed by atoms with E-state index >= 15 is 0 Å². The van der Waals surface area contributed by atoms with Gasteiger partial charge in [-0.2, -0.15) is 9.49 Å². The van der Waals surface area contributed by atoms with Gasteiger partial charge in [0, 0.05) is 17.8 Å². The van der Waals surface area contributed by atoms with Gasteiger partial charge in [-0.05, 0) is 38.3 Å². The van der Waals surface area contributed by atoms with E-state index in [9.17, 15) is 4.39 Å². The van der Waals surface area contributed by atoms with Gasteiger partial charge >= 0.3 is 0 Å². The Morgan fingerprint density at radius 3 is 2.48 bits per heavy atom. The fourth-order valence-corrected chi connectivity index (χ4v) is 2.84. The molecular weight excluding hydrogens is 265 g/mol. The summed E-state index contributed by atoms with van der Waals surface area (Å²) in [5.41, 5.74) is 4.32. The highest BCUT2D eigenvalue weighted by molar-refractivity contribution is 5.65. The maximum absolute atomic E-state index is 14.5. The van der Waals surface area contributed by atoms with E-state index in [0.717, 1.165) is 42.0 Å². The topological polar surface area (TPSA) is 30.7 Å². The predicted octanol–water partition coefficient (Wildman–Crippen LogP) is 4.49. The Kier molecular flexibility index (Phi) is 4.76. The van der Waals surface area contributed by atoms with Crippen molar-refractivity contribution in [1.82, 2.24) is 14.8 Å². The molecule has 114 valence electrons. The molecule has 21 heavy (non-hydrogen) atoms. The summed E-state index contributed by atoms with van der Waals surface area (Å²) >= 11 is 0. The van der Waals surface area contributed by atoms with Gasteiger partial charge in [0.1, 0.15) is 0 Å². The van der Waals surface area contributed by atoms with E-state index in [1.54, 1.807) is 0 Å². The first-order valence-electron chi connectivity index (χ1n) is 7.72. The molecule has 2 heterocycles. The van der Waals surface area contributed by atoms with Crippen molar-refractivity contribution in [2.45, 2.75) is 59.9 Å².